The lowest BCUT2D eigenvalue weighted by Crippen LogP contribution is -2.15. The molecule has 0 fully saturated rings. The van der Waals surface area contributed by atoms with E-state index in [1.807, 2.05) is 18.2 Å². The van der Waals surface area contributed by atoms with Crippen LogP contribution >= 0.6 is 11.8 Å². The van der Waals surface area contributed by atoms with Gasteiger partial charge in [-0.2, -0.15) is 10.5 Å². The van der Waals surface area contributed by atoms with Gasteiger partial charge in [0, 0.05) is 11.4 Å². The van der Waals surface area contributed by atoms with Gasteiger partial charge in [0.25, 0.3) is 5.91 Å². The molecule has 0 unspecified atom stereocenters. The zero-order chi connectivity index (χ0) is 19.9. The molecule has 7 heteroatoms. The van der Waals surface area contributed by atoms with E-state index in [0.29, 0.717) is 22.0 Å². The topological polar surface area (TPSA) is 116 Å². The Morgan fingerprint density at radius 3 is 2.43 bits per heavy atom. The van der Waals surface area contributed by atoms with Gasteiger partial charge in [-0.25, -0.2) is 4.98 Å². The molecule has 0 aliphatic carbocycles. The Hall–Kier alpha value is -3.81. The minimum absolute atomic E-state index is 0.0646. The van der Waals surface area contributed by atoms with E-state index in [2.05, 4.69) is 22.4 Å². The monoisotopic (exact) mass is 385 g/mol. The lowest BCUT2D eigenvalue weighted by atomic mass is 10.2. The third-order valence-corrected chi connectivity index (χ3v) is 4.93. The van der Waals surface area contributed by atoms with E-state index in [0.717, 1.165) is 5.56 Å². The van der Waals surface area contributed by atoms with Crippen molar-refractivity contribution in [1.82, 2.24) is 4.98 Å². The van der Waals surface area contributed by atoms with Crippen LogP contribution in [0.1, 0.15) is 27.0 Å². The first kappa shape index (κ1) is 19.0. The molecule has 0 bridgehead atoms. The summed E-state index contributed by atoms with van der Waals surface area (Å²) in [5.74, 6) is 0.202. The summed E-state index contributed by atoms with van der Waals surface area (Å²) in [4.78, 5) is 16.7. The van der Waals surface area contributed by atoms with Gasteiger partial charge in [-0.15, -0.1) is 11.8 Å². The number of para-hydroxylation sites is 1. The van der Waals surface area contributed by atoms with Gasteiger partial charge in [-0.05, 0) is 35.9 Å². The number of carbonyl (C=O) groups excluding carboxylic acids is 1. The molecule has 3 aromatic rings. The van der Waals surface area contributed by atoms with Crippen molar-refractivity contribution in [1.29, 1.82) is 10.5 Å². The summed E-state index contributed by atoms with van der Waals surface area (Å²) in [5.41, 5.74) is 8.62. The van der Waals surface area contributed by atoms with Gasteiger partial charge < -0.3 is 11.1 Å². The van der Waals surface area contributed by atoms with E-state index in [1.54, 1.807) is 36.4 Å². The minimum atomic E-state index is -0.420. The predicted octanol–water partition coefficient (Wildman–Crippen LogP) is 3.95. The Morgan fingerprint density at radius 2 is 1.79 bits per heavy atom. The second-order valence-electron chi connectivity index (χ2n) is 5.80. The molecule has 1 aromatic heterocycles. The quantitative estimate of drug-likeness (QED) is 0.643. The number of rotatable bonds is 5. The first-order valence-electron chi connectivity index (χ1n) is 8.29. The highest BCUT2D eigenvalue weighted by Crippen LogP contribution is 2.27. The average Bonchev–Trinajstić information content (AvgIpc) is 2.73. The fraction of sp³-hybridized carbons (Fsp3) is 0.0476. The molecule has 0 radical (unpaired) electrons. The van der Waals surface area contributed by atoms with Crippen LogP contribution in [0.15, 0.2) is 65.7 Å². The van der Waals surface area contributed by atoms with Crippen LogP contribution in [0.2, 0.25) is 0 Å². The summed E-state index contributed by atoms with van der Waals surface area (Å²) in [6.07, 6.45) is 0. The molecule has 0 saturated carbocycles. The third-order valence-electron chi connectivity index (χ3n) is 3.87. The van der Waals surface area contributed by atoms with Crippen molar-refractivity contribution in [2.24, 2.45) is 0 Å². The number of aromatic nitrogens is 1. The van der Waals surface area contributed by atoms with Crippen molar-refractivity contribution < 1.29 is 4.79 Å². The van der Waals surface area contributed by atoms with Gasteiger partial charge in [0.2, 0.25) is 0 Å². The van der Waals surface area contributed by atoms with Gasteiger partial charge in [0.1, 0.15) is 16.9 Å². The number of nitrogens with two attached hydrogens (primary N) is 1. The van der Waals surface area contributed by atoms with Crippen molar-refractivity contribution >= 4 is 29.2 Å². The number of amides is 1. The third kappa shape index (κ3) is 4.47. The second kappa shape index (κ2) is 8.72. The molecule has 3 rings (SSSR count). The molecule has 0 saturated heterocycles. The van der Waals surface area contributed by atoms with Crippen LogP contribution in [0.3, 0.4) is 0 Å². The molecule has 0 spiro atoms. The number of thioether (sulfide) groups is 1. The molecule has 2 aromatic carbocycles. The molecule has 0 atom stereocenters. The molecule has 3 N–H and O–H groups in total. The number of anilines is 2. The molecule has 0 aliphatic heterocycles. The molecular formula is C21H15N5OS. The maximum Gasteiger partial charge on any atom is 0.259 e. The van der Waals surface area contributed by atoms with Crippen molar-refractivity contribution in [3.8, 4) is 12.1 Å². The van der Waals surface area contributed by atoms with Gasteiger partial charge in [-0.1, -0.05) is 30.3 Å². The maximum atomic E-state index is 12.5. The van der Waals surface area contributed by atoms with E-state index >= 15 is 0 Å². The normalized spacial score (nSPS) is 9.93. The number of nitriles is 2. The molecule has 0 aliphatic rings. The highest BCUT2D eigenvalue weighted by molar-refractivity contribution is 7.98. The number of hydrogen-bond acceptors (Lipinski definition) is 6. The summed E-state index contributed by atoms with van der Waals surface area (Å²) in [7, 11) is 0. The van der Waals surface area contributed by atoms with Crippen molar-refractivity contribution in [3.63, 3.8) is 0 Å². The van der Waals surface area contributed by atoms with Gasteiger partial charge in [0.15, 0.2) is 0 Å². The van der Waals surface area contributed by atoms with Gasteiger partial charge >= 0.3 is 0 Å². The number of hydrogen-bond donors (Lipinski definition) is 2. The predicted molar refractivity (Wildman–Crippen MR) is 108 cm³/mol. The van der Waals surface area contributed by atoms with Gasteiger partial charge in [-0.3, -0.25) is 4.79 Å². The summed E-state index contributed by atoms with van der Waals surface area (Å²) in [5, 5.41) is 21.5. The summed E-state index contributed by atoms with van der Waals surface area (Å²) >= 11 is 1.35. The SMILES string of the molecule is N#Cc1ccc(CSc2nc(N)c(C(=O)Nc3ccccc3)cc2C#N)cc1. The standard InChI is InChI=1S/C21H15N5OS/c22-11-14-6-8-15(9-7-14)13-28-21-16(12-23)10-18(19(24)26-21)20(27)25-17-4-2-1-3-5-17/h1-10H,13H2,(H2,24,26)(H,25,27). The zero-order valence-corrected chi connectivity index (χ0v) is 15.5. The zero-order valence-electron chi connectivity index (χ0n) is 14.7. The molecule has 1 amide bonds. The number of benzene rings is 2. The Balaban J connectivity index is 1.78. The fourth-order valence-corrected chi connectivity index (χ4v) is 3.35. The van der Waals surface area contributed by atoms with Crippen molar-refractivity contribution in [3.05, 3.63) is 82.9 Å². The number of pyridine rings is 1. The Bertz CT molecular complexity index is 1080. The van der Waals surface area contributed by atoms with E-state index < -0.39 is 5.91 Å². The van der Waals surface area contributed by atoms with Crippen molar-refractivity contribution in [2.75, 3.05) is 11.1 Å². The lowest BCUT2D eigenvalue weighted by Gasteiger charge is -2.10. The van der Waals surface area contributed by atoms with E-state index in [-0.39, 0.29) is 16.9 Å². The Kier molecular flexibility index (Phi) is 5.91. The fourth-order valence-electron chi connectivity index (χ4n) is 2.43. The van der Waals surface area contributed by atoms with Crippen LogP contribution in [-0.2, 0) is 5.75 Å². The Labute approximate surface area is 166 Å². The van der Waals surface area contributed by atoms with Crippen LogP contribution < -0.4 is 11.1 Å². The highest BCUT2D eigenvalue weighted by atomic mass is 32.2. The maximum absolute atomic E-state index is 12.5. The highest BCUT2D eigenvalue weighted by Gasteiger charge is 2.16. The number of nitrogens with one attached hydrogen (secondary N) is 1. The smallest absolute Gasteiger partial charge is 0.259 e. The van der Waals surface area contributed by atoms with E-state index in [4.69, 9.17) is 11.0 Å². The number of nitrogen functional groups attached to an aromatic ring is 1. The Morgan fingerprint density at radius 1 is 1.07 bits per heavy atom. The van der Waals surface area contributed by atoms with Crippen LogP contribution in [0.4, 0.5) is 11.5 Å². The minimum Gasteiger partial charge on any atom is -0.383 e. The summed E-state index contributed by atoms with van der Waals surface area (Å²) in [6.45, 7) is 0. The van der Waals surface area contributed by atoms with Crippen LogP contribution in [-0.4, -0.2) is 10.9 Å². The van der Waals surface area contributed by atoms with Crippen LogP contribution in [0, 0.1) is 22.7 Å². The second-order valence-corrected chi connectivity index (χ2v) is 6.77. The first-order valence-corrected chi connectivity index (χ1v) is 9.28. The number of carbonyl (C=O) groups is 1. The van der Waals surface area contributed by atoms with E-state index in [9.17, 15) is 10.1 Å². The molecule has 6 nitrogen and oxygen atoms in total. The lowest BCUT2D eigenvalue weighted by molar-refractivity contribution is 0.102. The average molecular weight is 385 g/mol. The molecular weight excluding hydrogens is 370 g/mol. The molecule has 1 heterocycles. The largest absolute Gasteiger partial charge is 0.383 e. The van der Waals surface area contributed by atoms with Crippen LogP contribution in [0.5, 0.6) is 0 Å². The van der Waals surface area contributed by atoms with E-state index in [1.165, 1.54) is 17.8 Å². The molecule has 136 valence electrons. The van der Waals surface area contributed by atoms with Gasteiger partial charge in [0.05, 0.1) is 22.8 Å². The van der Waals surface area contributed by atoms with Crippen LogP contribution in [0.25, 0.3) is 0 Å². The molecule has 28 heavy (non-hydrogen) atoms. The number of nitrogens with zero attached hydrogens (tertiary/aromatic N) is 3. The van der Waals surface area contributed by atoms with Crippen molar-refractivity contribution in [2.45, 2.75) is 10.8 Å². The summed E-state index contributed by atoms with van der Waals surface area (Å²) < 4.78 is 0. The first-order chi connectivity index (χ1) is 13.6. The summed E-state index contributed by atoms with van der Waals surface area (Å²) in [6, 6.07) is 21.8.